The first kappa shape index (κ1) is 21.0. The number of anilines is 1. The zero-order chi connectivity index (χ0) is 22.0. The van der Waals surface area contributed by atoms with Gasteiger partial charge in [-0.3, -0.25) is 4.90 Å². The SMILES string of the molecule is CNS(=O)(=O)c1ccc(CNC(=O)N2CCCc3c2cnn3-c2ccc(F)cc2)cc1. The average Bonchev–Trinajstić information content (AvgIpc) is 3.22. The first-order chi connectivity index (χ1) is 14.9. The van der Waals surface area contributed by atoms with Crippen LogP contribution in [0.15, 0.2) is 59.6 Å². The maximum Gasteiger partial charge on any atom is 0.322 e. The van der Waals surface area contributed by atoms with Crippen LogP contribution in [0.3, 0.4) is 0 Å². The molecule has 0 radical (unpaired) electrons. The number of hydrogen-bond donors (Lipinski definition) is 2. The number of sulfonamides is 1. The van der Waals surface area contributed by atoms with E-state index in [1.807, 2.05) is 0 Å². The molecule has 8 nitrogen and oxygen atoms in total. The molecule has 0 saturated carbocycles. The molecule has 2 heterocycles. The highest BCUT2D eigenvalue weighted by Crippen LogP contribution is 2.29. The normalized spacial score (nSPS) is 13.7. The van der Waals surface area contributed by atoms with E-state index in [2.05, 4.69) is 15.1 Å². The van der Waals surface area contributed by atoms with Crippen LogP contribution in [0.5, 0.6) is 0 Å². The fraction of sp³-hybridized carbons (Fsp3) is 0.238. The standard InChI is InChI=1S/C21H22FN5O3S/c1-23-31(29,30)18-10-4-15(5-11-18)13-24-21(28)26-12-2-3-19-20(26)14-25-27(19)17-8-6-16(22)7-9-17/h4-11,14,23H,2-3,12-13H2,1H3,(H,24,28). The summed E-state index contributed by atoms with van der Waals surface area (Å²) in [6.45, 7) is 0.823. The van der Waals surface area contributed by atoms with E-state index in [1.54, 1.807) is 40.0 Å². The molecule has 0 bridgehead atoms. The predicted octanol–water partition coefficient (Wildman–Crippen LogP) is 2.58. The van der Waals surface area contributed by atoms with Crippen molar-refractivity contribution in [3.63, 3.8) is 0 Å². The molecule has 1 aliphatic rings. The van der Waals surface area contributed by atoms with Gasteiger partial charge in [0, 0.05) is 13.1 Å². The smallest absolute Gasteiger partial charge is 0.322 e. The molecule has 2 aromatic carbocycles. The van der Waals surface area contributed by atoms with Gasteiger partial charge in [-0.15, -0.1) is 0 Å². The Kier molecular flexibility index (Phi) is 5.75. The summed E-state index contributed by atoms with van der Waals surface area (Å²) in [5, 5.41) is 7.27. The van der Waals surface area contributed by atoms with Gasteiger partial charge in [0.05, 0.1) is 28.2 Å². The van der Waals surface area contributed by atoms with Gasteiger partial charge in [0.25, 0.3) is 0 Å². The van der Waals surface area contributed by atoms with E-state index < -0.39 is 10.0 Å². The second-order valence-electron chi connectivity index (χ2n) is 7.13. The Bertz CT molecular complexity index is 1190. The number of aromatic nitrogens is 2. The molecule has 2 N–H and O–H groups in total. The predicted molar refractivity (Wildman–Crippen MR) is 114 cm³/mol. The van der Waals surface area contributed by atoms with Crippen molar-refractivity contribution in [1.82, 2.24) is 19.8 Å². The fourth-order valence-corrected chi connectivity index (χ4v) is 4.27. The Morgan fingerprint density at radius 2 is 1.84 bits per heavy atom. The number of rotatable bonds is 5. The maximum absolute atomic E-state index is 13.2. The lowest BCUT2D eigenvalue weighted by atomic mass is 10.1. The highest BCUT2D eigenvalue weighted by atomic mass is 32.2. The van der Waals surface area contributed by atoms with Crippen LogP contribution in [0.25, 0.3) is 5.69 Å². The van der Waals surface area contributed by atoms with Gasteiger partial charge in [-0.2, -0.15) is 5.10 Å². The summed E-state index contributed by atoms with van der Waals surface area (Å²) in [7, 11) is -2.14. The van der Waals surface area contributed by atoms with E-state index in [0.717, 1.165) is 35.5 Å². The third-order valence-electron chi connectivity index (χ3n) is 5.20. The number of carbonyl (C=O) groups excluding carboxylic acids is 1. The van der Waals surface area contributed by atoms with Gasteiger partial charge in [-0.05, 0) is 61.9 Å². The Morgan fingerprint density at radius 3 is 2.52 bits per heavy atom. The molecule has 162 valence electrons. The molecule has 0 aliphatic carbocycles. The fourth-order valence-electron chi connectivity index (χ4n) is 3.54. The van der Waals surface area contributed by atoms with Gasteiger partial charge < -0.3 is 5.32 Å². The molecule has 0 unspecified atom stereocenters. The number of urea groups is 1. The lowest BCUT2D eigenvalue weighted by molar-refractivity contribution is 0.245. The topological polar surface area (TPSA) is 96.3 Å². The summed E-state index contributed by atoms with van der Waals surface area (Å²) in [6.07, 6.45) is 3.19. The van der Waals surface area contributed by atoms with Gasteiger partial charge in [0.2, 0.25) is 10.0 Å². The minimum Gasteiger partial charge on any atom is -0.334 e. The van der Waals surface area contributed by atoms with E-state index in [4.69, 9.17) is 0 Å². The third-order valence-corrected chi connectivity index (χ3v) is 6.63. The number of nitrogens with one attached hydrogen (secondary N) is 2. The monoisotopic (exact) mass is 443 g/mol. The number of fused-ring (bicyclic) bond motifs is 1. The van der Waals surface area contributed by atoms with Crippen LogP contribution in [0.2, 0.25) is 0 Å². The van der Waals surface area contributed by atoms with Crippen LogP contribution in [0.1, 0.15) is 17.7 Å². The highest BCUT2D eigenvalue weighted by Gasteiger charge is 2.26. The van der Waals surface area contributed by atoms with Crippen LogP contribution < -0.4 is 14.9 Å². The number of nitrogens with zero attached hydrogens (tertiary/aromatic N) is 3. The van der Waals surface area contributed by atoms with E-state index in [9.17, 15) is 17.6 Å². The minimum atomic E-state index is -3.50. The second-order valence-corrected chi connectivity index (χ2v) is 9.02. The average molecular weight is 444 g/mol. The summed E-state index contributed by atoms with van der Waals surface area (Å²) in [5.41, 5.74) is 3.14. The third kappa shape index (κ3) is 4.30. The molecule has 3 aromatic rings. The molecule has 1 aromatic heterocycles. The molecule has 31 heavy (non-hydrogen) atoms. The molecule has 0 spiro atoms. The van der Waals surface area contributed by atoms with Crippen LogP contribution in [0, 0.1) is 5.82 Å². The van der Waals surface area contributed by atoms with Crippen molar-refractivity contribution < 1.29 is 17.6 Å². The molecule has 1 aliphatic heterocycles. The molecule has 4 rings (SSSR count). The molecule has 0 fully saturated rings. The molecule has 2 amide bonds. The zero-order valence-corrected chi connectivity index (χ0v) is 17.7. The molecule has 0 atom stereocenters. The quantitative estimate of drug-likeness (QED) is 0.634. The highest BCUT2D eigenvalue weighted by molar-refractivity contribution is 7.89. The van der Waals surface area contributed by atoms with Crippen molar-refractivity contribution in [1.29, 1.82) is 0 Å². The Morgan fingerprint density at radius 1 is 1.13 bits per heavy atom. The van der Waals surface area contributed by atoms with Gasteiger partial charge >= 0.3 is 6.03 Å². The first-order valence-corrected chi connectivity index (χ1v) is 11.3. The molecule has 0 saturated heterocycles. The minimum absolute atomic E-state index is 0.166. The maximum atomic E-state index is 13.2. The molecular weight excluding hydrogens is 421 g/mol. The first-order valence-electron chi connectivity index (χ1n) is 9.80. The van der Waals surface area contributed by atoms with Crippen LogP contribution in [-0.2, 0) is 23.0 Å². The van der Waals surface area contributed by atoms with E-state index in [1.165, 1.54) is 31.3 Å². The summed E-state index contributed by atoms with van der Waals surface area (Å²) in [5.74, 6) is -0.317. The number of hydrogen-bond acceptors (Lipinski definition) is 4. The van der Waals surface area contributed by atoms with Crippen LogP contribution >= 0.6 is 0 Å². The van der Waals surface area contributed by atoms with Crippen molar-refractivity contribution in [3.05, 3.63) is 71.8 Å². The summed E-state index contributed by atoms with van der Waals surface area (Å²) in [6, 6.07) is 12.1. The number of amides is 2. The van der Waals surface area contributed by atoms with Crippen molar-refractivity contribution in [2.75, 3.05) is 18.5 Å². The zero-order valence-electron chi connectivity index (χ0n) is 16.9. The van der Waals surface area contributed by atoms with Gasteiger partial charge in [-0.1, -0.05) is 12.1 Å². The lowest BCUT2D eigenvalue weighted by Crippen LogP contribution is -2.42. The Hall–Kier alpha value is -3.24. The Labute approximate surface area is 179 Å². The summed E-state index contributed by atoms with van der Waals surface area (Å²) < 4.78 is 40.8. The van der Waals surface area contributed by atoms with Crippen molar-refractivity contribution in [2.45, 2.75) is 24.3 Å². The van der Waals surface area contributed by atoms with E-state index in [-0.39, 0.29) is 23.3 Å². The van der Waals surface area contributed by atoms with Crippen molar-refractivity contribution in [2.24, 2.45) is 0 Å². The van der Waals surface area contributed by atoms with Crippen LogP contribution in [-0.4, -0.2) is 37.8 Å². The number of halogens is 1. The molecule has 10 heteroatoms. The van der Waals surface area contributed by atoms with Gasteiger partial charge in [0.1, 0.15) is 5.82 Å². The summed E-state index contributed by atoms with van der Waals surface area (Å²) in [4.78, 5) is 14.6. The lowest BCUT2D eigenvalue weighted by Gasteiger charge is -2.27. The molecular formula is C21H22FN5O3S. The van der Waals surface area contributed by atoms with Crippen LogP contribution in [0.4, 0.5) is 14.9 Å². The largest absolute Gasteiger partial charge is 0.334 e. The number of benzene rings is 2. The van der Waals surface area contributed by atoms with Gasteiger partial charge in [-0.25, -0.2) is 27.0 Å². The van der Waals surface area contributed by atoms with Crippen molar-refractivity contribution >= 4 is 21.7 Å². The number of carbonyl (C=O) groups is 1. The van der Waals surface area contributed by atoms with E-state index in [0.29, 0.717) is 6.54 Å². The van der Waals surface area contributed by atoms with E-state index >= 15 is 0 Å². The second kappa shape index (κ2) is 8.48. The Balaban J connectivity index is 1.47. The van der Waals surface area contributed by atoms with Gasteiger partial charge in [0.15, 0.2) is 0 Å². The summed E-state index contributed by atoms with van der Waals surface area (Å²) >= 11 is 0. The van der Waals surface area contributed by atoms with Crippen molar-refractivity contribution in [3.8, 4) is 5.69 Å².